The van der Waals surface area contributed by atoms with Crippen molar-refractivity contribution in [1.29, 1.82) is 0 Å². The molecule has 0 bridgehead atoms. The van der Waals surface area contributed by atoms with Gasteiger partial charge in [-0.15, -0.1) is 0 Å². The number of carbonyl (C=O) groups is 3. The highest BCUT2D eigenvalue weighted by molar-refractivity contribution is 6.02. The Morgan fingerprint density at radius 3 is 2.53 bits per heavy atom. The molecule has 0 saturated heterocycles. The number of benzene rings is 2. The van der Waals surface area contributed by atoms with Crippen LogP contribution in [0.25, 0.3) is 0 Å². The van der Waals surface area contributed by atoms with Crippen LogP contribution in [0.5, 0.6) is 23.0 Å². The van der Waals surface area contributed by atoms with Crippen LogP contribution in [0.3, 0.4) is 0 Å². The predicted molar refractivity (Wildman–Crippen MR) is 102 cm³/mol. The molecule has 2 aromatic carbocycles. The van der Waals surface area contributed by atoms with Crippen LogP contribution in [-0.4, -0.2) is 43.5 Å². The van der Waals surface area contributed by atoms with E-state index in [0.29, 0.717) is 28.7 Å². The number of urea groups is 1. The van der Waals surface area contributed by atoms with Gasteiger partial charge in [0.1, 0.15) is 6.10 Å². The predicted octanol–water partition coefficient (Wildman–Crippen LogP) is 1.84. The van der Waals surface area contributed by atoms with Gasteiger partial charge in [-0.25, -0.2) is 9.59 Å². The Balaban J connectivity index is 1.25. The molecular formula is C20H18N2O8. The first-order valence-corrected chi connectivity index (χ1v) is 9.09. The van der Waals surface area contributed by atoms with Gasteiger partial charge in [0, 0.05) is 11.8 Å². The van der Waals surface area contributed by atoms with Crippen molar-refractivity contribution in [2.75, 3.05) is 18.7 Å². The number of nitrogens with one attached hydrogen (secondary N) is 2. The van der Waals surface area contributed by atoms with Crippen LogP contribution in [-0.2, 0) is 14.3 Å². The molecule has 0 fully saturated rings. The van der Waals surface area contributed by atoms with Crippen molar-refractivity contribution in [3.63, 3.8) is 0 Å². The maximum atomic E-state index is 12.3. The van der Waals surface area contributed by atoms with Gasteiger partial charge in [0.25, 0.3) is 5.91 Å². The van der Waals surface area contributed by atoms with Crippen LogP contribution in [0.15, 0.2) is 42.5 Å². The summed E-state index contributed by atoms with van der Waals surface area (Å²) in [6.07, 6.45) is -1.64. The zero-order chi connectivity index (χ0) is 21.1. The van der Waals surface area contributed by atoms with E-state index in [1.807, 2.05) is 0 Å². The van der Waals surface area contributed by atoms with E-state index in [0.717, 1.165) is 0 Å². The van der Waals surface area contributed by atoms with E-state index in [1.165, 1.54) is 0 Å². The van der Waals surface area contributed by atoms with Gasteiger partial charge in [-0.3, -0.25) is 10.1 Å². The third kappa shape index (κ3) is 4.22. The summed E-state index contributed by atoms with van der Waals surface area (Å²) < 4.78 is 26.6. The van der Waals surface area contributed by atoms with E-state index in [4.69, 9.17) is 23.7 Å². The summed E-state index contributed by atoms with van der Waals surface area (Å²) >= 11 is 0. The number of ether oxygens (including phenoxy) is 5. The Morgan fingerprint density at radius 2 is 1.73 bits per heavy atom. The standard InChI is InChI=1S/C20H18N2O8/c1-11-18(30-15-5-3-2-4-14(15)29-11)19(24)26-9-17(23)22-20(25)21-12-6-7-13-16(8-12)28-10-27-13/h2-8,11,18H,9-10H2,1H3,(H2,21,22,23,25)/t11-,18+/m1/s1. The normalized spacial score (nSPS) is 18.3. The smallest absolute Gasteiger partial charge is 0.351 e. The number of amides is 3. The van der Waals surface area contributed by atoms with E-state index >= 15 is 0 Å². The Morgan fingerprint density at radius 1 is 1.00 bits per heavy atom. The van der Waals surface area contributed by atoms with Crippen LogP contribution < -0.4 is 29.6 Å². The molecule has 0 radical (unpaired) electrons. The van der Waals surface area contributed by atoms with Gasteiger partial charge in [-0.1, -0.05) is 12.1 Å². The number of rotatable bonds is 4. The Labute approximate surface area is 171 Å². The highest BCUT2D eigenvalue weighted by Crippen LogP contribution is 2.34. The molecule has 3 amide bonds. The Kier molecular flexibility index (Phi) is 5.29. The van der Waals surface area contributed by atoms with Crippen LogP contribution in [0.4, 0.5) is 10.5 Å². The van der Waals surface area contributed by atoms with Crippen molar-refractivity contribution in [3.05, 3.63) is 42.5 Å². The number of hydrogen-bond acceptors (Lipinski definition) is 8. The lowest BCUT2D eigenvalue weighted by Gasteiger charge is -2.30. The number of para-hydroxylation sites is 2. The summed E-state index contributed by atoms with van der Waals surface area (Å²) in [5, 5.41) is 4.55. The lowest BCUT2D eigenvalue weighted by atomic mass is 10.2. The molecule has 2 aromatic rings. The molecule has 10 heteroatoms. The van der Waals surface area contributed by atoms with Gasteiger partial charge >= 0.3 is 12.0 Å². The fourth-order valence-electron chi connectivity index (χ4n) is 2.90. The molecule has 2 aliphatic rings. The van der Waals surface area contributed by atoms with Crippen molar-refractivity contribution < 1.29 is 38.1 Å². The van der Waals surface area contributed by atoms with E-state index in [9.17, 15) is 14.4 Å². The van der Waals surface area contributed by atoms with Crippen molar-refractivity contribution in [3.8, 4) is 23.0 Å². The number of hydrogen-bond donors (Lipinski definition) is 2. The highest BCUT2D eigenvalue weighted by atomic mass is 16.7. The summed E-state index contributed by atoms with van der Waals surface area (Å²) in [6, 6.07) is 10.9. The van der Waals surface area contributed by atoms with Gasteiger partial charge in [0.2, 0.25) is 12.9 Å². The van der Waals surface area contributed by atoms with E-state index in [1.54, 1.807) is 49.4 Å². The van der Waals surface area contributed by atoms with Gasteiger partial charge < -0.3 is 29.0 Å². The van der Waals surface area contributed by atoms with Gasteiger partial charge in [0.15, 0.2) is 29.6 Å². The van der Waals surface area contributed by atoms with Crippen LogP contribution in [0, 0.1) is 0 Å². The minimum atomic E-state index is -1.03. The molecule has 0 aromatic heterocycles. The minimum absolute atomic E-state index is 0.106. The van der Waals surface area contributed by atoms with Crippen molar-refractivity contribution >= 4 is 23.6 Å². The second-order valence-corrected chi connectivity index (χ2v) is 6.49. The summed E-state index contributed by atoms with van der Waals surface area (Å²) in [6.45, 7) is 1.11. The molecule has 4 rings (SSSR count). The number of carbonyl (C=O) groups excluding carboxylic acids is 3. The maximum absolute atomic E-state index is 12.3. The largest absolute Gasteiger partial charge is 0.482 e. The molecule has 2 heterocycles. The molecule has 0 saturated carbocycles. The SMILES string of the molecule is C[C@H]1Oc2ccccc2O[C@@H]1C(=O)OCC(=O)NC(=O)Nc1ccc2c(c1)OCO2. The Bertz CT molecular complexity index is 993. The van der Waals surface area contributed by atoms with Crippen molar-refractivity contribution in [1.82, 2.24) is 5.32 Å². The lowest BCUT2D eigenvalue weighted by Crippen LogP contribution is -2.45. The summed E-state index contributed by atoms with van der Waals surface area (Å²) in [7, 11) is 0. The molecule has 30 heavy (non-hydrogen) atoms. The van der Waals surface area contributed by atoms with Crippen molar-refractivity contribution in [2.24, 2.45) is 0 Å². The lowest BCUT2D eigenvalue weighted by molar-refractivity contribution is -0.160. The molecule has 2 atom stereocenters. The fraction of sp³-hybridized carbons (Fsp3) is 0.250. The third-order valence-electron chi connectivity index (χ3n) is 4.30. The molecule has 2 aliphatic heterocycles. The van der Waals surface area contributed by atoms with Crippen LogP contribution in [0.1, 0.15) is 6.92 Å². The molecule has 0 spiro atoms. The van der Waals surface area contributed by atoms with Crippen LogP contribution >= 0.6 is 0 Å². The minimum Gasteiger partial charge on any atom is -0.482 e. The van der Waals surface area contributed by atoms with Crippen molar-refractivity contribution in [2.45, 2.75) is 19.1 Å². The van der Waals surface area contributed by atoms with E-state index < -0.39 is 36.7 Å². The maximum Gasteiger partial charge on any atom is 0.351 e. The number of fused-ring (bicyclic) bond motifs is 2. The highest BCUT2D eigenvalue weighted by Gasteiger charge is 2.35. The second-order valence-electron chi connectivity index (χ2n) is 6.49. The molecule has 2 N–H and O–H groups in total. The first-order chi connectivity index (χ1) is 14.5. The number of esters is 1. The summed E-state index contributed by atoms with van der Waals surface area (Å²) in [5.41, 5.74) is 0.404. The average molecular weight is 414 g/mol. The topological polar surface area (TPSA) is 121 Å². The van der Waals surface area contributed by atoms with Gasteiger partial charge in [-0.05, 0) is 31.2 Å². The monoisotopic (exact) mass is 414 g/mol. The molecule has 0 aliphatic carbocycles. The summed E-state index contributed by atoms with van der Waals surface area (Å²) in [5.74, 6) is 0.403. The average Bonchev–Trinajstić information content (AvgIpc) is 3.19. The number of anilines is 1. The zero-order valence-electron chi connectivity index (χ0n) is 15.9. The van der Waals surface area contributed by atoms with Gasteiger partial charge in [-0.2, -0.15) is 0 Å². The third-order valence-corrected chi connectivity index (χ3v) is 4.30. The second kappa shape index (κ2) is 8.19. The Hall–Kier alpha value is -3.95. The van der Waals surface area contributed by atoms with Crippen LogP contribution in [0.2, 0.25) is 0 Å². The fourth-order valence-corrected chi connectivity index (χ4v) is 2.90. The molecule has 10 nitrogen and oxygen atoms in total. The van der Waals surface area contributed by atoms with E-state index in [-0.39, 0.29) is 6.79 Å². The molecule has 0 unspecified atom stereocenters. The quantitative estimate of drug-likeness (QED) is 0.727. The molecular weight excluding hydrogens is 396 g/mol. The zero-order valence-corrected chi connectivity index (χ0v) is 15.9. The van der Waals surface area contributed by atoms with E-state index in [2.05, 4.69) is 10.6 Å². The summed E-state index contributed by atoms with van der Waals surface area (Å²) in [4.78, 5) is 36.2. The first-order valence-electron chi connectivity index (χ1n) is 9.09. The number of imide groups is 1. The van der Waals surface area contributed by atoms with Gasteiger partial charge in [0.05, 0.1) is 0 Å². The first kappa shape index (κ1) is 19.4. The molecule has 156 valence electrons.